The molecule has 0 radical (unpaired) electrons. The minimum Gasteiger partial charge on any atom is -0.444 e. The van der Waals surface area contributed by atoms with Gasteiger partial charge in [-0.05, 0) is 51.0 Å². The molecule has 0 aliphatic heterocycles. The van der Waals surface area contributed by atoms with E-state index in [0.717, 1.165) is 5.56 Å². The molecule has 0 saturated carbocycles. The maximum absolute atomic E-state index is 11.6. The van der Waals surface area contributed by atoms with Crippen LogP contribution in [0.15, 0.2) is 42.5 Å². The number of benzene rings is 1. The molecule has 0 unspecified atom stereocenters. The maximum atomic E-state index is 11.6. The van der Waals surface area contributed by atoms with E-state index >= 15 is 0 Å². The lowest BCUT2D eigenvalue weighted by molar-refractivity contribution is 0.0528. The van der Waals surface area contributed by atoms with Gasteiger partial charge in [0.15, 0.2) is 0 Å². The van der Waals surface area contributed by atoms with Crippen LogP contribution in [-0.2, 0) is 11.2 Å². The lowest BCUT2D eigenvalue weighted by atomic mass is 10.1. The third kappa shape index (κ3) is 6.43. The standard InChI is InChI=1S/C19H23N3O4/c1-19(2,3)26-18(24)21-12-11-13-7-9-14(10-8-13)25-16-6-4-5-15(22-16)17(20)23/h4-10H,11-12H2,1-3H3,(H2,20,23)(H,21,24). The molecule has 0 aliphatic rings. The van der Waals surface area contributed by atoms with E-state index in [1.54, 1.807) is 24.3 Å². The first kappa shape index (κ1) is 19.2. The number of pyridine rings is 1. The summed E-state index contributed by atoms with van der Waals surface area (Å²) >= 11 is 0. The highest BCUT2D eigenvalue weighted by molar-refractivity contribution is 5.90. The first-order chi connectivity index (χ1) is 12.2. The van der Waals surface area contributed by atoms with Crippen LogP contribution in [0, 0.1) is 0 Å². The van der Waals surface area contributed by atoms with E-state index < -0.39 is 17.6 Å². The van der Waals surface area contributed by atoms with Crippen molar-refractivity contribution in [3.8, 4) is 11.6 Å². The molecule has 2 amide bonds. The molecule has 0 fully saturated rings. The average molecular weight is 357 g/mol. The van der Waals surface area contributed by atoms with Crippen molar-refractivity contribution < 1.29 is 19.1 Å². The molecule has 0 saturated heterocycles. The Hall–Kier alpha value is -3.09. The van der Waals surface area contributed by atoms with Gasteiger partial charge in [0.25, 0.3) is 5.91 Å². The summed E-state index contributed by atoms with van der Waals surface area (Å²) in [7, 11) is 0. The fourth-order valence-corrected chi connectivity index (χ4v) is 2.08. The van der Waals surface area contributed by atoms with Gasteiger partial charge in [-0.3, -0.25) is 4.79 Å². The van der Waals surface area contributed by atoms with Gasteiger partial charge in [0.1, 0.15) is 17.0 Å². The smallest absolute Gasteiger partial charge is 0.407 e. The van der Waals surface area contributed by atoms with Gasteiger partial charge in [-0.15, -0.1) is 0 Å². The number of ether oxygens (including phenoxy) is 2. The largest absolute Gasteiger partial charge is 0.444 e. The van der Waals surface area contributed by atoms with Crippen molar-refractivity contribution in [2.24, 2.45) is 5.73 Å². The van der Waals surface area contributed by atoms with E-state index in [0.29, 0.717) is 24.6 Å². The second-order valence-electron chi connectivity index (χ2n) is 6.65. The molecule has 0 spiro atoms. The normalized spacial score (nSPS) is 10.9. The van der Waals surface area contributed by atoms with Crippen molar-refractivity contribution in [2.75, 3.05) is 6.54 Å². The summed E-state index contributed by atoms with van der Waals surface area (Å²) in [6.07, 6.45) is 0.229. The number of alkyl carbamates (subject to hydrolysis) is 1. The topological polar surface area (TPSA) is 104 Å². The molecule has 1 aromatic carbocycles. The van der Waals surface area contributed by atoms with E-state index in [4.69, 9.17) is 15.2 Å². The van der Waals surface area contributed by atoms with E-state index in [-0.39, 0.29) is 5.69 Å². The minimum atomic E-state index is -0.608. The van der Waals surface area contributed by atoms with Crippen LogP contribution in [0.4, 0.5) is 4.79 Å². The Morgan fingerprint density at radius 2 is 1.81 bits per heavy atom. The Morgan fingerprint density at radius 1 is 1.12 bits per heavy atom. The quantitative estimate of drug-likeness (QED) is 0.827. The molecule has 0 aliphatic carbocycles. The Balaban J connectivity index is 1.85. The SMILES string of the molecule is CC(C)(C)OC(=O)NCCc1ccc(Oc2cccc(C(N)=O)n2)cc1. The van der Waals surface area contributed by atoms with Crippen LogP contribution in [-0.4, -0.2) is 29.1 Å². The fourth-order valence-electron chi connectivity index (χ4n) is 2.08. The second-order valence-corrected chi connectivity index (χ2v) is 6.65. The number of nitrogens with two attached hydrogens (primary N) is 1. The minimum absolute atomic E-state index is 0.146. The molecule has 1 heterocycles. The summed E-state index contributed by atoms with van der Waals surface area (Å²) in [5.41, 5.74) is 5.87. The number of amides is 2. The van der Waals surface area contributed by atoms with Crippen LogP contribution in [0.1, 0.15) is 36.8 Å². The summed E-state index contributed by atoms with van der Waals surface area (Å²) in [6.45, 7) is 5.93. The number of primary amides is 1. The molecule has 7 nitrogen and oxygen atoms in total. The number of hydrogen-bond acceptors (Lipinski definition) is 5. The summed E-state index contributed by atoms with van der Waals surface area (Å²) in [5.74, 6) is 0.270. The third-order valence-electron chi connectivity index (χ3n) is 3.20. The van der Waals surface area contributed by atoms with Gasteiger partial charge in [0.2, 0.25) is 5.88 Å². The molecule has 26 heavy (non-hydrogen) atoms. The molecule has 138 valence electrons. The predicted molar refractivity (Wildman–Crippen MR) is 97.2 cm³/mol. The van der Waals surface area contributed by atoms with Crippen molar-refractivity contribution in [1.82, 2.24) is 10.3 Å². The Bertz CT molecular complexity index is 767. The number of rotatable bonds is 6. The Kier molecular flexibility index (Phi) is 6.16. The highest BCUT2D eigenvalue weighted by Crippen LogP contribution is 2.20. The highest BCUT2D eigenvalue weighted by Gasteiger charge is 2.15. The molecule has 1 aromatic heterocycles. The van der Waals surface area contributed by atoms with Crippen molar-refractivity contribution in [3.05, 3.63) is 53.7 Å². The molecular weight excluding hydrogens is 334 g/mol. The first-order valence-electron chi connectivity index (χ1n) is 8.23. The number of nitrogens with zero attached hydrogens (tertiary/aromatic N) is 1. The molecule has 3 N–H and O–H groups in total. The number of aromatic nitrogens is 1. The third-order valence-corrected chi connectivity index (χ3v) is 3.20. The second kappa shape index (κ2) is 8.33. The van der Waals surface area contributed by atoms with Gasteiger partial charge in [0.05, 0.1) is 0 Å². The van der Waals surface area contributed by atoms with E-state index in [1.165, 1.54) is 6.07 Å². The highest BCUT2D eigenvalue weighted by atomic mass is 16.6. The molecule has 0 bridgehead atoms. The zero-order valence-corrected chi connectivity index (χ0v) is 15.1. The van der Waals surface area contributed by atoms with Crippen LogP contribution in [0.2, 0.25) is 0 Å². The molecule has 7 heteroatoms. The van der Waals surface area contributed by atoms with Crippen LogP contribution < -0.4 is 15.8 Å². The first-order valence-corrected chi connectivity index (χ1v) is 8.23. The Morgan fingerprint density at radius 3 is 2.42 bits per heavy atom. The van der Waals surface area contributed by atoms with Gasteiger partial charge in [-0.1, -0.05) is 18.2 Å². The number of hydrogen-bond donors (Lipinski definition) is 2. The zero-order valence-electron chi connectivity index (χ0n) is 15.1. The molecular formula is C19H23N3O4. The van der Waals surface area contributed by atoms with E-state index in [2.05, 4.69) is 10.3 Å². The number of carbonyl (C=O) groups is 2. The van der Waals surface area contributed by atoms with Gasteiger partial charge >= 0.3 is 6.09 Å². The Labute approximate surface area is 152 Å². The monoisotopic (exact) mass is 357 g/mol. The van der Waals surface area contributed by atoms with Gasteiger partial charge in [-0.2, -0.15) is 0 Å². The van der Waals surface area contributed by atoms with Crippen LogP contribution >= 0.6 is 0 Å². The van der Waals surface area contributed by atoms with Crippen molar-refractivity contribution in [1.29, 1.82) is 0 Å². The number of nitrogens with one attached hydrogen (secondary N) is 1. The molecule has 2 rings (SSSR count). The van der Waals surface area contributed by atoms with Crippen molar-refractivity contribution >= 4 is 12.0 Å². The van der Waals surface area contributed by atoms with E-state index in [1.807, 2.05) is 32.9 Å². The van der Waals surface area contributed by atoms with Crippen molar-refractivity contribution in [2.45, 2.75) is 32.8 Å². The zero-order chi connectivity index (χ0) is 19.2. The van der Waals surface area contributed by atoms with Gasteiger partial charge in [0, 0.05) is 12.6 Å². The van der Waals surface area contributed by atoms with Gasteiger partial charge < -0.3 is 20.5 Å². The van der Waals surface area contributed by atoms with Crippen molar-refractivity contribution in [3.63, 3.8) is 0 Å². The number of carbonyl (C=O) groups excluding carboxylic acids is 2. The predicted octanol–water partition coefficient (Wildman–Crippen LogP) is 3.04. The molecule has 2 aromatic rings. The lowest BCUT2D eigenvalue weighted by Crippen LogP contribution is -2.33. The summed E-state index contributed by atoms with van der Waals surface area (Å²) < 4.78 is 10.8. The van der Waals surface area contributed by atoms with E-state index in [9.17, 15) is 9.59 Å². The summed E-state index contributed by atoms with van der Waals surface area (Å²) in [4.78, 5) is 26.8. The van der Waals surface area contributed by atoms with Crippen LogP contribution in [0.3, 0.4) is 0 Å². The fraction of sp³-hybridized carbons (Fsp3) is 0.316. The molecule has 0 atom stereocenters. The maximum Gasteiger partial charge on any atom is 0.407 e. The summed E-state index contributed by atoms with van der Waals surface area (Å²) in [6, 6.07) is 12.2. The average Bonchev–Trinajstić information content (AvgIpc) is 2.55. The lowest BCUT2D eigenvalue weighted by Gasteiger charge is -2.19. The summed E-state index contributed by atoms with van der Waals surface area (Å²) in [5, 5.41) is 2.71. The van der Waals surface area contributed by atoms with Crippen LogP contribution in [0.5, 0.6) is 11.6 Å². The van der Waals surface area contributed by atoms with Crippen LogP contribution in [0.25, 0.3) is 0 Å². The van der Waals surface area contributed by atoms with Gasteiger partial charge in [-0.25, -0.2) is 9.78 Å².